The van der Waals surface area contributed by atoms with Crippen LogP contribution in [-0.4, -0.2) is 0 Å². The van der Waals surface area contributed by atoms with Gasteiger partial charge in [0.2, 0.25) is 0 Å². The van der Waals surface area contributed by atoms with Crippen molar-refractivity contribution in [1.29, 1.82) is 0 Å². The summed E-state index contributed by atoms with van der Waals surface area (Å²) in [5.41, 5.74) is 25.5. The van der Waals surface area contributed by atoms with Crippen LogP contribution in [0.3, 0.4) is 0 Å². The molecule has 0 aliphatic carbocycles. The Bertz CT molecular complexity index is 4330. The van der Waals surface area contributed by atoms with Gasteiger partial charge in [0.15, 0.2) is 0 Å². The first-order valence-corrected chi connectivity index (χ1v) is 42.5. The molecule has 0 aromatic heterocycles. The number of benzene rings is 10. The molecule has 10 aromatic rings. The fourth-order valence-electron chi connectivity index (χ4n) is 11.8. The molecule has 0 spiro atoms. The molecule has 6 heteroatoms. The third kappa shape index (κ3) is 40.5. The van der Waals surface area contributed by atoms with Crippen LogP contribution in [0.2, 0.25) is 15.1 Å². The second kappa shape index (κ2) is 45.3. The first kappa shape index (κ1) is 107. The molecule has 0 heterocycles. The summed E-state index contributed by atoms with van der Waals surface area (Å²) < 4.78 is 39.7. The van der Waals surface area contributed by atoms with Gasteiger partial charge in [-0.3, -0.25) is 0 Å². The number of aryl methyl sites for hydroxylation is 10. The molecule has 0 aliphatic rings. The van der Waals surface area contributed by atoms with Gasteiger partial charge in [-0.25, -0.2) is 13.2 Å². The summed E-state index contributed by atoms with van der Waals surface area (Å²) in [5, 5.41) is 2.37. The zero-order valence-corrected chi connectivity index (χ0v) is 82.2. The molecule has 0 amide bonds. The number of halogens is 6. The van der Waals surface area contributed by atoms with E-state index in [0.717, 1.165) is 48.4 Å². The Morgan fingerprint density at radius 1 is 0.181 bits per heavy atom. The molecule has 0 atom stereocenters. The van der Waals surface area contributed by atoms with Crippen molar-refractivity contribution in [3.8, 4) is 0 Å². The van der Waals surface area contributed by atoms with E-state index in [-0.39, 0.29) is 71.6 Å². The van der Waals surface area contributed by atoms with Gasteiger partial charge in [0.25, 0.3) is 0 Å². The summed E-state index contributed by atoms with van der Waals surface area (Å²) in [7, 11) is 0. The van der Waals surface area contributed by atoms with Crippen molar-refractivity contribution in [3.05, 3.63) is 350 Å². The Morgan fingerprint density at radius 2 is 0.466 bits per heavy atom. The van der Waals surface area contributed by atoms with Gasteiger partial charge in [-0.05, 0) is 238 Å². The Morgan fingerprint density at radius 3 is 0.759 bits per heavy atom. The summed E-state index contributed by atoms with van der Waals surface area (Å²) in [5.74, 6) is -0.307. The minimum Gasteiger partial charge on any atom is -0.207 e. The summed E-state index contributed by atoms with van der Waals surface area (Å²) in [4.78, 5) is 0. The van der Waals surface area contributed by atoms with Gasteiger partial charge in [0.05, 0.1) is 0 Å². The van der Waals surface area contributed by atoms with Crippen LogP contribution < -0.4 is 0 Å². The molecule has 10 rings (SSSR count). The molecule has 0 N–H and O–H groups in total. The Balaban J connectivity index is 0.000000645. The molecule has 0 saturated carbocycles. The van der Waals surface area contributed by atoms with Gasteiger partial charge in [0.1, 0.15) is 17.5 Å². The van der Waals surface area contributed by atoms with Crippen molar-refractivity contribution >= 4 is 34.8 Å². The van der Waals surface area contributed by atoms with Crippen molar-refractivity contribution in [1.82, 2.24) is 0 Å². The van der Waals surface area contributed by atoms with Gasteiger partial charge in [-0.1, -0.05) is 446 Å². The Hall–Kier alpha value is -7.14. The summed E-state index contributed by atoms with van der Waals surface area (Å²) in [6.45, 7) is 85.3. The molecule has 116 heavy (non-hydrogen) atoms. The second-order valence-electron chi connectivity index (χ2n) is 41.8. The predicted octanol–water partition coefficient (Wildman–Crippen LogP) is 35.3. The lowest BCUT2D eigenvalue weighted by Gasteiger charge is -2.22. The molecule has 0 bridgehead atoms. The van der Waals surface area contributed by atoms with Crippen LogP contribution in [0.4, 0.5) is 13.2 Å². The maximum absolute atomic E-state index is 13.3. The van der Waals surface area contributed by atoms with Crippen LogP contribution in [0.1, 0.15) is 319 Å². The maximum Gasteiger partial charge on any atom is 0.127 e. The standard InChI is InChI=1S/C12H18.C11H15Cl.3C11H15F.4C11H16.C10H12Cl2/c1-9-6-7-10(2)11(8-9)12(3,4)5;1-8-5-6-9(10(12)7-8)11(2,3)4;1-8-5-6-9(7-10(8)12)11(2,3)4;1-8-5-6-10(12)9(7-8)11(2,3)4;1-8-5-6-9(10(12)7-8)11(2,3)4;2*1-9-5-7-10(8-6-9)11(2,3)4;2*1-9-6-5-7-10(8-9)11(2,3)4;1-10(2,3)9-7(11)5-4-6-8(9)12/h6-8H,1-5H3;4*5-7H,1-4H3;4*5-8H,1-4H3;4-6H,1-3H3. The topological polar surface area (TPSA) is 0 Å². The molecule has 636 valence electrons. The first-order chi connectivity index (χ1) is 52.5. The number of rotatable bonds is 0. The van der Waals surface area contributed by atoms with Crippen molar-refractivity contribution in [2.75, 3.05) is 0 Å². The van der Waals surface area contributed by atoms with Gasteiger partial charge in [-0.15, -0.1) is 0 Å². The Labute approximate surface area is 724 Å². The quantitative estimate of drug-likeness (QED) is 0.142. The zero-order chi connectivity index (χ0) is 90.1. The monoisotopic (exact) mass is 1640 g/mol. The van der Waals surface area contributed by atoms with Crippen LogP contribution in [0, 0.1) is 86.7 Å². The summed E-state index contributed by atoms with van der Waals surface area (Å²) in [6.07, 6.45) is 0. The Kier molecular flexibility index (Phi) is 41.7. The van der Waals surface area contributed by atoms with Crippen molar-refractivity contribution in [2.45, 2.75) is 331 Å². The lowest BCUT2D eigenvalue weighted by molar-refractivity contribution is 0.521. The van der Waals surface area contributed by atoms with Gasteiger partial charge < -0.3 is 0 Å². The minimum atomic E-state index is -0.109. The van der Waals surface area contributed by atoms with E-state index >= 15 is 0 Å². The van der Waals surface area contributed by atoms with E-state index in [1.165, 1.54) is 78.4 Å². The SMILES string of the molecule is CC(C)(C)c1c(Cl)cccc1Cl.Cc1ccc(C(C)(C)C)c(Cl)c1.Cc1ccc(C(C)(C)C)c(F)c1.Cc1ccc(C(C)(C)C)cc1.Cc1ccc(C(C)(C)C)cc1.Cc1ccc(C(C)(C)C)cc1F.Cc1ccc(C)c(C(C)(C)C)c1.Cc1ccc(F)c(C(C)(C)C)c1.Cc1cccc(C(C)(C)C)c1.Cc1cccc(C(C)(C)C)c1. The van der Waals surface area contributed by atoms with Crippen LogP contribution in [-0.2, 0) is 54.1 Å². The molecule has 0 unspecified atom stereocenters. The van der Waals surface area contributed by atoms with Crippen molar-refractivity contribution in [3.63, 3.8) is 0 Å². The maximum atomic E-state index is 13.3. The van der Waals surface area contributed by atoms with E-state index < -0.39 is 0 Å². The third-order valence-corrected chi connectivity index (χ3v) is 20.3. The van der Waals surface area contributed by atoms with Crippen LogP contribution >= 0.6 is 34.8 Å². The van der Waals surface area contributed by atoms with E-state index in [1.807, 2.05) is 110 Å². The lowest BCUT2D eigenvalue weighted by Crippen LogP contribution is -2.13. The smallest absolute Gasteiger partial charge is 0.127 e. The fourth-order valence-corrected chi connectivity index (χ4v) is 13.3. The normalized spacial score (nSPS) is 11.7. The van der Waals surface area contributed by atoms with Crippen molar-refractivity contribution in [2.24, 2.45) is 0 Å². The summed E-state index contributed by atoms with van der Waals surface area (Å²) >= 11 is 18.2. The van der Waals surface area contributed by atoms with Crippen LogP contribution in [0.25, 0.3) is 0 Å². The third-order valence-electron chi connectivity index (χ3n) is 19.4. The number of hydrogen-bond acceptors (Lipinski definition) is 0. The molecule has 0 saturated heterocycles. The molecule has 0 nitrogen and oxygen atoms in total. The molecule has 0 aliphatic heterocycles. The predicted molar refractivity (Wildman–Crippen MR) is 514 cm³/mol. The molecular formula is C110H154Cl3F3. The lowest BCUT2D eigenvalue weighted by atomic mass is 9.83. The highest BCUT2D eigenvalue weighted by atomic mass is 35.5. The molecule has 0 fully saturated rings. The van der Waals surface area contributed by atoms with Crippen molar-refractivity contribution < 1.29 is 13.2 Å². The van der Waals surface area contributed by atoms with Gasteiger partial charge >= 0.3 is 0 Å². The highest BCUT2D eigenvalue weighted by Crippen LogP contribution is 2.36. The average molecular weight is 1640 g/mol. The second-order valence-corrected chi connectivity index (χ2v) is 43.0. The van der Waals surface area contributed by atoms with Crippen LogP contribution in [0.15, 0.2) is 206 Å². The zero-order valence-electron chi connectivity index (χ0n) is 79.9. The highest BCUT2D eigenvalue weighted by Gasteiger charge is 2.24. The molecule has 10 aromatic carbocycles. The van der Waals surface area contributed by atoms with E-state index in [2.05, 4.69) is 342 Å². The number of hydrogen-bond donors (Lipinski definition) is 0. The first-order valence-electron chi connectivity index (χ1n) is 41.4. The average Bonchev–Trinajstić information content (AvgIpc) is 0.841. The van der Waals surface area contributed by atoms with E-state index in [4.69, 9.17) is 34.8 Å². The van der Waals surface area contributed by atoms with Crippen LogP contribution in [0.5, 0.6) is 0 Å². The van der Waals surface area contributed by atoms with E-state index in [0.29, 0.717) is 5.56 Å². The van der Waals surface area contributed by atoms with Gasteiger partial charge in [-0.2, -0.15) is 0 Å². The van der Waals surface area contributed by atoms with Gasteiger partial charge in [0, 0.05) is 15.1 Å². The molecule has 0 radical (unpaired) electrons. The molecular weight excluding hydrogens is 1480 g/mol. The highest BCUT2D eigenvalue weighted by molar-refractivity contribution is 6.36. The minimum absolute atomic E-state index is 0.00935. The van der Waals surface area contributed by atoms with E-state index in [1.54, 1.807) is 25.1 Å². The fraction of sp³-hybridized carbons (Fsp3) is 0.455. The van der Waals surface area contributed by atoms with E-state index in [9.17, 15) is 13.2 Å². The largest absolute Gasteiger partial charge is 0.207 e. The summed E-state index contributed by atoms with van der Waals surface area (Å²) in [6, 6.07) is 69.4.